The lowest BCUT2D eigenvalue weighted by atomic mass is 9.45. The van der Waals surface area contributed by atoms with Gasteiger partial charge in [0.15, 0.2) is 14.1 Å². The third kappa shape index (κ3) is 2.70. The van der Waals surface area contributed by atoms with Crippen LogP contribution in [0.15, 0.2) is 0 Å². The van der Waals surface area contributed by atoms with E-state index in [4.69, 9.17) is 9.16 Å². The predicted octanol–water partition coefficient (Wildman–Crippen LogP) is 6.12. The second-order valence-corrected chi connectivity index (χ2v) is 18.1. The van der Waals surface area contributed by atoms with Crippen molar-refractivity contribution in [1.29, 1.82) is 0 Å². The van der Waals surface area contributed by atoms with E-state index in [0.717, 1.165) is 18.3 Å². The van der Waals surface area contributed by atoms with E-state index in [1.54, 1.807) is 0 Å². The van der Waals surface area contributed by atoms with E-state index in [1.807, 2.05) is 0 Å². The summed E-state index contributed by atoms with van der Waals surface area (Å²) in [6.07, 6.45) is 9.75. The molecule has 5 fully saturated rings. The number of Topliss-reactive ketones (excluding diaryl/α,β-unsaturated/α-hetero) is 1. The summed E-state index contributed by atoms with van der Waals surface area (Å²) in [5.74, 6) is 2.69. The Bertz CT molecular complexity index is 726. The maximum Gasteiger partial charge on any atom is 0.193 e. The largest absolute Gasteiger partial charge is 0.407 e. The molecule has 1 heterocycles. The van der Waals surface area contributed by atoms with Crippen LogP contribution in [0.25, 0.3) is 0 Å². The SMILES string of the molecule is CC(C)(C)[Si](C)(C)OC1C[C@]2(C)[C@H]3CC[C@]4(C)CCC[C@H]4[C@@H]3C[C@@H]3O[C@@]32CC1=O. The summed E-state index contributed by atoms with van der Waals surface area (Å²) in [6, 6.07) is 0. The molecule has 3 nitrogen and oxygen atoms in total. The van der Waals surface area contributed by atoms with Crippen LogP contribution >= 0.6 is 0 Å². The number of fused-ring (bicyclic) bond motifs is 4. The van der Waals surface area contributed by atoms with E-state index in [2.05, 4.69) is 47.7 Å². The first-order valence-corrected chi connectivity index (χ1v) is 15.1. The molecule has 0 radical (unpaired) electrons. The molecule has 4 heteroatoms. The summed E-state index contributed by atoms with van der Waals surface area (Å²) in [5.41, 5.74) is 0.504. The monoisotopic (exact) mass is 418 g/mol. The van der Waals surface area contributed by atoms with Crippen molar-refractivity contribution < 1.29 is 14.0 Å². The zero-order valence-electron chi connectivity index (χ0n) is 19.8. The summed E-state index contributed by atoms with van der Waals surface area (Å²) in [4.78, 5) is 13.2. The normalized spacial score (nSPS) is 51.7. The standard InChI is InChI=1S/C25H42O3Si/c1-22(2,3)29(6,7)28-20-15-24(5)18-10-12-23(4)11-8-9-17(23)16(18)13-21-25(24,27-21)14-19(20)26/h16-18,20-21H,8-15H2,1-7H3/t16-,17-,18-,20?,21-,23-,24+,25-/m0/s1. The highest BCUT2D eigenvalue weighted by molar-refractivity contribution is 6.74. The number of epoxide rings is 1. The summed E-state index contributed by atoms with van der Waals surface area (Å²) in [7, 11) is -1.97. The van der Waals surface area contributed by atoms with Gasteiger partial charge in [0, 0.05) is 11.8 Å². The Balaban J connectivity index is 1.45. The highest BCUT2D eigenvalue weighted by Gasteiger charge is 2.77. The summed E-state index contributed by atoms with van der Waals surface area (Å²) in [6.45, 7) is 16.4. The number of hydrogen-bond donors (Lipinski definition) is 0. The van der Waals surface area contributed by atoms with Gasteiger partial charge in [-0.25, -0.2) is 0 Å². The summed E-state index contributed by atoms with van der Waals surface area (Å²) < 4.78 is 13.3. The lowest BCUT2D eigenvalue weighted by molar-refractivity contribution is -0.148. The minimum absolute atomic E-state index is 0.103. The van der Waals surface area contributed by atoms with Gasteiger partial charge in [-0.1, -0.05) is 41.0 Å². The van der Waals surface area contributed by atoms with Gasteiger partial charge in [0.1, 0.15) is 11.7 Å². The molecule has 1 spiro atoms. The van der Waals surface area contributed by atoms with Crippen LogP contribution in [0.5, 0.6) is 0 Å². The van der Waals surface area contributed by atoms with E-state index in [9.17, 15) is 4.79 Å². The van der Waals surface area contributed by atoms with Gasteiger partial charge in [-0.3, -0.25) is 4.79 Å². The Morgan fingerprint density at radius 3 is 2.52 bits per heavy atom. The van der Waals surface area contributed by atoms with E-state index in [-0.39, 0.29) is 22.2 Å². The Labute approximate surface area is 178 Å². The van der Waals surface area contributed by atoms with Crippen molar-refractivity contribution in [3.05, 3.63) is 0 Å². The van der Waals surface area contributed by atoms with Crippen molar-refractivity contribution in [3.8, 4) is 0 Å². The van der Waals surface area contributed by atoms with Crippen LogP contribution < -0.4 is 0 Å². The summed E-state index contributed by atoms with van der Waals surface area (Å²) >= 11 is 0. The minimum Gasteiger partial charge on any atom is -0.407 e. The molecular weight excluding hydrogens is 376 g/mol. The second kappa shape index (κ2) is 5.98. The van der Waals surface area contributed by atoms with Gasteiger partial charge < -0.3 is 9.16 Å². The van der Waals surface area contributed by atoms with Crippen molar-refractivity contribution in [2.75, 3.05) is 0 Å². The molecule has 0 aromatic heterocycles. The quantitative estimate of drug-likeness (QED) is 0.400. The molecule has 0 aromatic carbocycles. The molecule has 1 unspecified atom stereocenters. The third-order valence-corrected chi connectivity index (χ3v) is 15.4. The molecule has 4 aliphatic carbocycles. The smallest absolute Gasteiger partial charge is 0.193 e. The lowest BCUT2D eigenvalue weighted by Crippen LogP contribution is -2.61. The van der Waals surface area contributed by atoms with E-state index < -0.39 is 8.32 Å². The topological polar surface area (TPSA) is 38.8 Å². The second-order valence-electron chi connectivity index (χ2n) is 13.3. The third-order valence-electron chi connectivity index (χ3n) is 11.0. The van der Waals surface area contributed by atoms with Crippen molar-refractivity contribution in [2.24, 2.45) is 28.6 Å². The van der Waals surface area contributed by atoms with Crippen molar-refractivity contribution >= 4 is 14.1 Å². The fourth-order valence-corrected chi connectivity index (χ4v) is 9.39. The molecular formula is C25H42O3Si. The average molecular weight is 419 g/mol. The van der Waals surface area contributed by atoms with Gasteiger partial charge in [-0.15, -0.1) is 0 Å². The molecule has 0 amide bonds. The van der Waals surface area contributed by atoms with Crippen LogP contribution in [0.2, 0.25) is 18.1 Å². The van der Waals surface area contributed by atoms with Gasteiger partial charge in [0.2, 0.25) is 0 Å². The molecule has 29 heavy (non-hydrogen) atoms. The van der Waals surface area contributed by atoms with Crippen molar-refractivity contribution in [3.63, 3.8) is 0 Å². The number of ketones is 1. The Hall–Kier alpha value is -0.193. The van der Waals surface area contributed by atoms with Crippen LogP contribution in [-0.4, -0.2) is 31.9 Å². The highest BCUT2D eigenvalue weighted by Crippen LogP contribution is 2.73. The number of rotatable bonds is 2. The molecule has 5 rings (SSSR count). The molecule has 4 saturated carbocycles. The Morgan fingerprint density at radius 1 is 1.10 bits per heavy atom. The maximum absolute atomic E-state index is 13.2. The molecule has 0 aromatic rings. The maximum atomic E-state index is 13.2. The Morgan fingerprint density at radius 2 is 1.83 bits per heavy atom. The van der Waals surface area contributed by atoms with Crippen LogP contribution in [0, 0.1) is 28.6 Å². The van der Waals surface area contributed by atoms with Gasteiger partial charge in [0.25, 0.3) is 0 Å². The molecule has 8 atom stereocenters. The lowest BCUT2D eigenvalue weighted by Gasteiger charge is -2.59. The molecule has 0 N–H and O–H groups in total. The molecule has 1 aliphatic heterocycles. The zero-order valence-corrected chi connectivity index (χ0v) is 20.8. The molecule has 5 aliphatic rings. The first-order chi connectivity index (χ1) is 13.3. The number of carbonyl (C=O) groups is 1. The first kappa shape index (κ1) is 20.7. The van der Waals surface area contributed by atoms with E-state index in [0.29, 0.717) is 29.6 Å². The highest BCUT2D eigenvalue weighted by atomic mass is 28.4. The molecule has 0 bridgehead atoms. The zero-order chi connectivity index (χ0) is 21.0. The Kier molecular flexibility index (Phi) is 4.27. The predicted molar refractivity (Wildman–Crippen MR) is 118 cm³/mol. The van der Waals surface area contributed by atoms with E-state index >= 15 is 0 Å². The minimum atomic E-state index is -1.97. The van der Waals surface area contributed by atoms with Gasteiger partial charge in [0.05, 0.1) is 6.10 Å². The van der Waals surface area contributed by atoms with Crippen molar-refractivity contribution in [1.82, 2.24) is 0 Å². The van der Waals surface area contributed by atoms with Crippen molar-refractivity contribution in [2.45, 2.75) is 122 Å². The molecule has 1 saturated heterocycles. The van der Waals surface area contributed by atoms with E-state index in [1.165, 1.54) is 38.5 Å². The number of ether oxygens (including phenoxy) is 1. The average Bonchev–Trinajstić information content (AvgIpc) is 3.13. The fraction of sp³-hybridized carbons (Fsp3) is 0.960. The van der Waals surface area contributed by atoms with Crippen LogP contribution in [0.4, 0.5) is 0 Å². The molecule has 164 valence electrons. The van der Waals surface area contributed by atoms with Crippen LogP contribution in [0.3, 0.4) is 0 Å². The summed E-state index contributed by atoms with van der Waals surface area (Å²) in [5, 5.41) is 0.132. The van der Waals surface area contributed by atoms with Crippen LogP contribution in [0.1, 0.15) is 86.0 Å². The van der Waals surface area contributed by atoms with Gasteiger partial charge in [-0.2, -0.15) is 0 Å². The number of hydrogen-bond acceptors (Lipinski definition) is 3. The van der Waals surface area contributed by atoms with Gasteiger partial charge in [-0.05, 0) is 79.8 Å². The number of carbonyl (C=O) groups excluding carboxylic acids is 1. The first-order valence-electron chi connectivity index (χ1n) is 12.2. The van der Waals surface area contributed by atoms with Gasteiger partial charge >= 0.3 is 0 Å². The fourth-order valence-electron chi connectivity index (χ4n) is 8.12. The van der Waals surface area contributed by atoms with Crippen LogP contribution in [-0.2, 0) is 14.0 Å².